The average Bonchev–Trinajstić information content (AvgIpc) is 1.63. The van der Waals surface area contributed by atoms with Crippen molar-refractivity contribution in [2.24, 2.45) is 0 Å². The second-order valence-corrected chi connectivity index (χ2v) is 1.61. The number of carbonyl (C=O) groups excluding carboxylic acids is 2. The minimum absolute atomic E-state index is 0. The van der Waals surface area contributed by atoms with Crippen LogP contribution in [0.4, 0.5) is 0 Å². The highest BCUT2D eigenvalue weighted by Crippen LogP contribution is 1.83. The lowest BCUT2D eigenvalue weighted by Crippen LogP contribution is -2.15. The molecular formula is C5H6MgO4. The molecule has 0 aromatic heterocycles. The summed E-state index contributed by atoms with van der Waals surface area (Å²) in [5.74, 6) is -3.03. The van der Waals surface area contributed by atoms with Crippen molar-refractivity contribution in [3.05, 3.63) is 0 Å². The van der Waals surface area contributed by atoms with Gasteiger partial charge in [-0.15, -0.1) is 0 Å². The van der Waals surface area contributed by atoms with E-state index < -0.39 is 24.0 Å². The van der Waals surface area contributed by atoms with Crippen LogP contribution < -0.4 is 0 Å². The van der Waals surface area contributed by atoms with Gasteiger partial charge in [0.2, 0.25) is 5.78 Å². The molecule has 0 amide bonds. The Morgan fingerprint density at radius 1 is 1.30 bits per heavy atom. The van der Waals surface area contributed by atoms with Crippen LogP contribution in [0, 0.1) is 0 Å². The van der Waals surface area contributed by atoms with Crippen molar-refractivity contribution in [2.75, 3.05) is 0 Å². The molecule has 0 saturated heterocycles. The third-order valence-corrected chi connectivity index (χ3v) is 0.648. The van der Waals surface area contributed by atoms with Crippen molar-refractivity contribution in [1.82, 2.24) is 0 Å². The Kier molecular flexibility index (Phi) is 6.59. The Bertz CT molecular complexity index is 163. The number of ketones is 2. The number of Topliss-reactive ketones (excluding diaryl/α,β-unsaturated/α-hetero) is 2. The fourth-order valence-electron chi connectivity index (χ4n) is 0.302. The first-order valence-corrected chi connectivity index (χ1v) is 2.29. The minimum Gasteiger partial charge on any atom is -0.475 e. The molecule has 1 N–H and O–H groups in total. The van der Waals surface area contributed by atoms with E-state index in [9.17, 15) is 14.4 Å². The summed E-state index contributed by atoms with van der Waals surface area (Å²) in [5, 5.41) is 7.93. The first-order valence-electron chi connectivity index (χ1n) is 2.29. The molecule has 0 bridgehead atoms. The smallest absolute Gasteiger partial charge is 0.372 e. The number of carboxylic acids is 1. The zero-order valence-electron chi connectivity index (χ0n) is 5.59. The van der Waals surface area contributed by atoms with Gasteiger partial charge in [0.1, 0.15) is 5.78 Å². The summed E-state index contributed by atoms with van der Waals surface area (Å²) in [6.07, 6.45) is -0.505. The second kappa shape index (κ2) is 5.37. The maximum Gasteiger partial charge on any atom is 0.372 e. The normalized spacial score (nSPS) is 7.70. The van der Waals surface area contributed by atoms with Crippen LogP contribution in [0.3, 0.4) is 0 Å². The molecule has 0 saturated carbocycles. The molecule has 0 atom stereocenters. The fourth-order valence-corrected chi connectivity index (χ4v) is 0.302. The van der Waals surface area contributed by atoms with Gasteiger partial charge in [-0.1, -0.05) is 0 Å². The maximum absolute atomic E-state index is 10.1. The lowest BCUT2D eigenvalue weighted by molar-refractivity contribution is -0.150. The molecule has 0 aromatic rings. The molecular weight excluding hydrogens is 148 g/mol. The molecule has 0 aromatic carbocycles. The van der Waals surface area contributed by atoms with Gasteiger partial charge in [0, 0.05) is 23.1 Å². The SMILES string of the molecule is CC(=O)CC(=O)C(=O)O.[Mg]. The molecule has 0 aliphatic rings. The summed E-state index contributed by atoms with van der Waals surface area (Å²) in [6, 6.07) is 0. The lowest BCUT2D eigenvalue weighted by Gasteiger charge is -1.86. The van der Waals surface area contributed by atoms with Gasteiger partial charge in [-0.25, -0.2) is 4.79 Å². The van der Waals surface area contributed by atoms with Gasteiger partial charge >= 0.3 is 5.97 Å². The van der Waals surface area contributed by atoms with E-state index in [4.69, 9.17) is 5.11 Å². The molecule has 0 unspecified atom stereocenters. The number of carbonyl (C=O) groups is 3. The molecule has 10 heavy (non-hydrogen) atoms. The van der Waals surface area contributed by atoms with E-state index in [2.05, 4.69) is 0 Å². The number of carboxylic acid groups (broad SMARTS) is 1. The third kappa shape index (κ3) is 5.71. The maximum atomic E-state index is 10.1. The molecule has 5 heteroatoms. The van der Waals surface area contributed by atoms with Crippen LogP contribution in [0.1, 0.15) is 13.3 Å². The zero-order valence-corrected chi connectivity index (χ0v) is 7.00. The van der Waals surface area contributed by atoms with Crippen LogP contribution in [0.5, 0.6) is 0 Å². The molecule has 2 radical (unpaired) electrons. The Morgan fingerprint density at radius 2 is 1.70 bits per heavy atom. The first kappa shape index (κ1) is 12.3. The quantitative estimate of drug-likeness (QED) is 0.329. The van der Waals surface area contributed by atoms with Crippen LogP contribution in [0.15, 0.2) is 0 Å². The minimum atomic E-state index is -1.55. The summed E-state index contributed by atoms with van der Waals surface area (Å²) in [5.41, 5.74) is 0. The van der Waals surface area contributed by atoms with E-state index in [-0.39, 0.29) is 23.1 Å². The Morgan fingerprint density at radius 3 is 1.80 bits per heavy atom. The standard InChI is InChI=1S/C5H6O4.Mg/c1-3(6)2-4(7)5(8)9;/h2H2,1H3,(H,8,9);. The van der Waals surface area contributed by atoms with E-state index in [1.54, 1.807) is 0 Å². The highest BCUT2D eigenvalue weighted by Gasteiger charge is 2.12. The van der Waals surface area contributed by atoms with Crippen LogP contribution >= 0.6 is 0 Å². The number of rotatable bonds is 3. The highest BCUT2D eigenvalue weighted by atomic mass is 24.3. The van der Waals surface area contributed by atoms with Crippen LogP contribution in [0.2, 0.25) is 0 Å². The van der Waals surface area contributed by atoms with Crippen molar-refractivity contribution in [1.29, 1.82) is 0 Å². The van der Waals surface area contributed by atoms with E-state index >= 15 is 0 Å². The third-order valence-electron chi connectivity index (χ3n) is 0.648. The van der Waals surface area contributed by atoms with Crippen molar-refractivity contribution >= 4 is 40.6 Å². The number of aliphatic carboxylic acids is 1. The lowest BCUT2D eigenvalue weighted by atomic mass is 10.2. The molecule has 0 heterocycles. The Hall–Kier alpha value is -0.424. The van der Waals surface area contributed by atoms with Gasteiger partial charge in [-0.3, -0.25) is 9.59 Å². The van der Waals surface area contributed by atoms with Gasteiger partial charge in [-0.05, 0) is 6.92 Å². The highest BCUT2D eigenvalue weighted by molar-refractivity contribution is 6.36. The molecule has 0 rings (SSSR count). The Balaban J connectivity index is 0. The topological polar surface area (TPSA) is 71.4 Å². The van der Waals surface area contributed by atoms with Gasteiger partial charge in [0.15, 0.2) is 0 Å². The van der Waals surface area contributed by atoms with Crippen molar-refractivity contribution < 1.29 is 19.5 Å². The zero-order chi connectivity index (χ0) is 7.44. The van der Waals surface area contributed by atoms with Crippen LogP contribution in [-0.2, 0) is 14.4 Å². The largest absolute Gasteiger partial charge is 0.475 e. The summed E-state index contributed by atoms with van der Waals surface area (Å²) in [6.45, 7) is 1.17. The molecule has 0 fully saturated rings. The van der Waals surface area contributed by atoms with E-state index in [0.717, 1.165) is 0 Å². The van der Waals surface area contributed by atoms with Gasteiger partial charge in [0.25, 0.3) is 0 Å². The average molecular weight is 154 g/mol. The van der Waals surface area contributed by atoms with Crippen molar-refractivity contribution in [2.45, 2.75) is 13.3 Å². The monoisotopic (exact) mass is 154 g/mol. The second-order valence-electron chi connectivity index (χ2n) is 1.61. The summed E-state index contributed by atoms with van der Waals surface area (Å²) in [7, 11) is 0. The summed E-state index contributed by atoms with van der Waals surface area (Å²) >= 11 is 0. The predicted octanol–water partition coefficient (Wildman–Crippen LogP) is -0.762. The van der Waals surface area contributed by atoms with Gasteiger partial charge in [-0.2, -0.15) is 0 Å². The van der Waals surface area contributed by atoms with Crippen molar-refractivity contribution in [3.63, 3.8) is 0 Å². The first-order chi connectivity index (χ1) is 4.04. The van der Waals surface area contributed by atoms with E-state index in [1.807, 2.05) is 0 Å². The molecule has 52 valence electrons. The molecule has 0 aliphatic heterocycles. The molecule has 0 aliphatic carbocycles. The number of hydrogen-bond acceptors (Lipinski definition) is 3. The number of hydrogen-bond donors (Lipinski definition) is 1. The molecule has 4 nitrogen and oxygen atoms in total. The van der Waals surface area contributed by atoms with Crippen LogP contribution in [-0.4, -0.2) is 45.7 Å². The molecule has 0 spiro atoms. The Labute approximate surface area is 73.7 Å². The van der Waals surface area contributed by atoms with E-state index in [0.29, 0.717) is 0 Å². The van der Waals surface area contributed by atoms with Crippen LogP contribution in [0.25, 0.3) is 0 Å². The summed E-state index contributed by atoms with van der Waals surface area (Å²) < 4.78 is 0. The van der Waals surface area contributed by atoms with Crippen molar-refractivity contribution in [3.8, 4) is 0 Å². The van der Waals surface area contributed by atoms with Gasteiger partial charge in [0.05, 0.1) is 6.42 Å². The van der Waals surface area contributed by atoms with E-state index in [1.165, 1.54) is 6.92 Å². The fraction of sp³-hybridized carbons (Fsp3) is 0.400. The predicted molar refractivity (Wildman–Crippen MR) is 33.7 cm³/mol. The summed E-state index contributed by atoms with van der Waals surface area (Å²) in [4.78, 5) is 29.9. The van der Waals surface area contributed by atoms with Gasteiger partial charge < -0.3 is 5.11 Å².